The molecule has 1 aromatic heterocycles. The highest BCUT2D eigenvalue weighted by atomic mass is 32.2. The highest BCUT2D eigenvalue weighted by molar-refractivity contribution is 7.99. The standard InChI is InChI=1S/C42H46N4O9S/c1-18-11-22-12-26-20(3)46-27-15-51-41(49)42(40-25(13-23(14-43)44-42)24-9-7-8-10-28(24)55-40)16-56-39(33(46)32(45(26)5)29(22)34(48)35(18)50-6)31-30(27)38-37(52-17-53-38)19(2)36(31)54-21(4)47/h7-11,20,23,26-27,32-33,39,44,48H,12-17,43H2,1-6H3/t20-,23+,26?,27-,32-,33+,39+,42+/m0/s1. The Morgan fingerprint density at radius 1 is 1.11 bits per heavy atom. The quantitative estimate of drug-likeness (QED) is 0.192. The molecule has 0 amide bonds. The van der Waals surface area contributed by atoms with Gasteiger partial charge in [0.2, 0.25) is 6.79 Å². The first-order chi connectivity index (χ1) is 27.0. The van der Waals surface area contributed by atoms with Gasteiger partial charge in [0, 0.05) is 76.6 Å². The number of rotatable bonds is 3. The van der Waals surface area contributed by atoms with Gasteiger partial charge in [-0.15, -0.1) is 11.8 Å². The van der Waals surface area contributed by atoms with Crippen molar-refractivity contribution in [1.82, 2.24) is 15.1 Å². The lowest BCUT2D eigenvalue weighted by atomic mass is 9.71. The predicted molar refractivity (Wildman–Crippen MR) is 208 cm³/mol. The molecule has 7 aliphatic rings. The first-order valence-corrected chi connectivity index (χ1v) is 20.3. The number of likely N-dealkylation sites (N-methyl/N-ethyl adjacent to an activating group) is 1. The zero-order chi connectivity index (χ0) is 38.9. The molecule has 1 unspecified atom stereocenters. The van der Waals surface area contributed by atoms with E-state index >= 15 is 4.79 Å². The Bertz CT molecular complexity index is 2350. The fourth-order valence-electron chi connectivity index (χ4n) is 10.9. The number of piperazine rings is 1. The van der Waals surface area contributed by atoms with Crippen LogP contribution >= 0.6 is 11.8 Å². The molecule has 7 aliphatic heterocycles. The van der Waals surface area contributed by atoms with Gasteiger partial charge in [0.25, 0.3) is 0 Å². The maximum Gasteiger partial charge on any atom is 0.335 e. The third-order valence-corrected chi connectivity index (χ3v) is 14.7. The second-order valence-corrected chi connectivity index (χ2v) is 17.2. The number of fused-ring (bicyclic) bond motifs is 11. The molecule has 0 radical (unpaired) electrons. The first-order valence-electron chi connectivity index (χ1n) is 19.3. The van der Waals surface area contributed by atoms with Crippen molar-refractivity contribution in [3.63, 3.8) is 0 Å². The van der Waals surface area contributed by atoms with Gasteiger partial charge in [-0.1, -0.05) is 24.3 Å². The minimum absolute atomic E-state index is 0.00611. The Morgan fingerprint density at radius 3 is 2.66 bits per heavy atom. The number of carbonyl (C=O) groups excluding carboxylic acids is 2. The number of nitrogens with zero attached hydrogens (tertiary/aromatic N) is 2. The van der Waals surface area contributed by atoms with Gasteiger partial charge in [0.15, 0.2) is 28.5 Å². The zero-order valence-electron chi connectivity index (χ0n) is 32.3. The van der Waals surface area contributed by atoms with Gasteiger partial charge < -0.3 is 38.9 Å². The van der Waals surface area contributed by atoms with Gasteiger partial charge in [-0.05, 0) is 57.9 Å². The number of thioether (sulfide) groups is 1. The molecule has 4 aromatic rings. The third kappa shape index (κ3) is 4.76. The van der Waals surface area contributed by atoms with Crippen molar-refractivity contribution >= 4 is 34.7 Å². The number of benzene rings is 3. The van der Waals surface area contributed by atoms with Gasteiger partial charge in [-0.25, -0.2) is 4.79 Å². The van der Waals surface area contributed by atoms with Crippen molar-refractivity contribution in [2.75, 3.05) is 39.9 Å². The molecule has 4 N–H and O–H groups in total. The average molecular weight is 783 g/mol. The summed E-state index contributed by atoms with van der Waals surface area (Å²) in [5, 5.41) is 16.3. The largest absolute Gasteiger partial charge is 0.504 e. The van der Waals surface area contributed by atoms with Crippen LogP contribution in [0.5, 0.6) is 28.7 Å². The summed E-state index contributed by atoms with van der Waals surface area (Å²) >= 11 is 1.59. The van der Waals surface area contributed by atoms with E-state index in [2.05, 4.69) is 35.2 Å². The monoisotopic (exact) mass is 782 g/mol. The Hall–Kier alpha value is -4.47. The van der Waals surface area contributed by atoms with Crippen LogP contribution < -0.4 is 30.0 Å². The maximum atomic E-state index is 15.0. The summed E-state index contributed by atoms with van der Waals surface area (Å²) in [4.78, 5) is 32.9. The predicted octanol–water partition coefficient (Wildman–Crippen LogP) is 4.84. The van der Waals surface area contributed by atoms with Crippen LogP contribution in [-0.2, 0) is 32.7 Å². The molecule has 11 rings (SSSR count). The number of hydrogen-bond acceptors (Lipinski definition) is 14. The molecule has 2 fully saturated rings. The number of para-hydroxylation sites is 1. The number of hydrogen-bond donors (Lipinski definition) is 3. The molecule has 0 saturated carbocycles. The van der Waals surface area contributed by atoms with Crippen molar-refractivity contribution in [2.24, 2.45) is 5.73 Å². The summed E-state index contributed by atoms with van der Waals surface area (Å²) in [6.45, 7) is 7.75. The van der Waals surface area contributed by atoms with Crippen LogP contribution in [0.15, 0.2) is 34.7 Å². The number of methoxy groups -OCH3 is 1. The summed E-state index contributed by atoms with van der Waals surface area (Å²) < 4.78 is 37.6. The second kappa shape index (κ2) is 12.8. The Morgan fingerprint density at radius 2 is 1.89 bits per heavy atom. The Kier molecular flexibility index (Phi) is 8.19. The molecule has 13 nitrogen and oxygen atoms in total. The van der Waals surface area contributed by atoms with Gasteiger partial charge in [-0.3, -0.25) is 19.9 Å². The minimum atomic E-state index is -1.39. The lowest BCUT2D eigenvalue weighted by Crippen LogP contribution is -2.69. The second-order valence-electron chi connectivity index (χ2n) is 16.1. The number of esters is 2. The topological polar surface area (TPSA) is 158 Å². The number of carbonyl (C=O) groups is 2. The summed E-state index contributed by atoms with van der Waals surface area (Å²) in [6.07, 6.45) is 1.30. The highest BCUT2D eigenvalue weighted by Gasteiger charge is 2.61. The molecule has 0 aliphatic carbocycles. The van der Waals surface area contributed by atoms with Crippen LogP contribution in [0.2, 0.25) is 0 Å². The van der Waals surface area contributed by atoms with Crippen LogP contribution in [-0.4, -0.2) is 90.9 Å². The summed E-state index contributed by atoms with van der Waals surface area (Å²) in [5.74, 6) is 1.91. The molecular weight excluding hydrogens is 737 g/mol. The van der Waals surface area contributed by atoms with E-state index in [1.165, 1.54) is 6.92 Å². The number of aromatic hydroxyl groups is 1. The number of nitrogens with one attached hydrogen (secondary N) is 1. The number of furan rings is 1. The summed E-state index contributed by atoms with van der Waals surface area (Å²) in [5.41, 5.74) is 11.6. The van der Waals surface area contributed by atoms with Gasteiger partial charge in [-0.2, -0.15) is 0 Å². The van der Waals surface area contributed by atoms with E-state index in [9.17, 15) is 9.90 Å². The van der Waals surface area contributed by atoms with Crippen LogP contribution in [0.4, 0.5) is 0 Å². The lowest BCUT2D eigenvalue weighted by Gasteiger charge is -2.63. The van der Waals surface area contributed by atoms with Crippen molar-refractivity contribution in [3.05, 3.63) is 75.0 Å². The SMILES string of the molecule is COc1c(C)cc2c(c1O)[C@H]1[C@@H]3[C@@H]4SC[C@]5(N[C@@H](CN)Cc6c5oc5ccccc65)C(=O)OC[C@@H](c5c6c(c(C)c(OC(C)=O)c54)OCO6)N3[C@@H](C)C(C2)N1C. The van der Waals surface area contributed by atoms with Crippen molar-refractivity contribution in [3.8, 4) is 28.7 Å². The molecule has 3 aromatic carbocycles. The van der Waals surface area contributed by atoms with E-state index in [4.69, 9.17) is 33.8 Å². The van der Waals surface area contributed by atoms with Gasteiger partial charge >= 0.3 is 11.9 Å². The van der Waals surface area contributed by atoms with Gasteiger partial charge in [0.1, 0.15) is 23.7 Å². The fraction of sp³-hybridized carbons (Fsp3) is 0.476. The lowest BCUT2D eigenvalue weighted by molar-refractivity contribution is -0.159. The van der Waals surface area contributed by atoms with E-state index in [0.29, 0.717) is 59.3 Å². The molecule has 56 heavy (non-hydrogen) atoms. The van der Waals surface area contributed by atoms with E-state index in [1.54, 1.807) is 18.9 Å². The average Bonchev–Trinajstić information content (AvgIpc) is 3.82. The molecule has 294 valence electrons. The maximum absolute atomic E-state index is 15.0. The van der Waals surface area contributed by atoms with E-state index in [1.807, 2.05) is 38.1 Å². The van der Waals surface area contributed by atoms with Crippen LogP contribution in [0, 0.1) is 13.8 Å². The Balaban J connectivity index is 1.25. The molecular formula is C42H46N4O9S. The molecule has 2 saturated heterocycles. The van der Waals surface area contributed by atoms with E-state index < -0.39 is 28.8 Å². The number of phenols is 1. The number of phenolic OH excluding ortho intramolecular Hbond substituents is 1. The fourth-order valence-corrected chi connectivity index (χ4v) is 12.6. The van der Waals surface area contributed by atoms with Crippen molar-refractivity contribution in [1.29, 1.82) is 0 Å². The van der Waals surface area contributed by atoms with Crippen LogP contribution in [0.1, 0.15) is 75.9 Å². The molecule has 14 heteroatoms. The molecule has 1 spiro atoms. The Labute approximate surface area is 328 Å². The van der Waals surface area contributed by atoms with Crippen molar-refractivity contribution in [2.45, 2.75) is 87.6 Å². The van der Waals surface area contributed by atoms with E-state index in [-0.39, 0.29) is 55.1 Å². The van der Waals surface area contributed by atoms with Crippen LogP contribution in [0.25, 0.3) is 11.0 Å². The minimum Gasteiger partial charge on any atom is -0.504 e. The van der Waals surface area contributed by atoms with Gasteiger partial charge in [0.05, 0.1) is 24.4 Å². The smallest absolute Gasteiger partial charge is 0.335 e. The number of aryl methyl sites for hydroxylation is 1. The number of nitrogens with two attached hydrogens (primary N) is 1. The third-order valence-electron chi connectivity index (χ3n) is 13.2. The normalized spacial score (nSPS) is 30.3. The molecule has 8 heterocycles. The van der Waals surface area contributed by atoms with Crippen molar-refractivity contribution < 1.29 is 42.8 Å². The van der Waals surface area contributed by atoms with E-state index in [0.717, 1.165) is 38.8 Å². The summed E-state index contributed by atoms with van der Waals surface area (Å²) in [7, 11) is 3.71. The first kappa shape index (κ1) is 35.9. The highest BCUT2D eigenvalue weighted by Crippen LogP contribution is 2.64. The zero-order valence-corrected chi connectivity index (χ0v) is 33.1. The molecule has 4 bridgehead atoms. The summed E-state index contributed by atoms with van der Waals surface area (Å²) in [6, 6.07) is 8.58. The number of ether oxygens (including phenoxy) is 5. The molecule has 8 atom stereocenters. The van der Waals surface area contributed by atoms with Crippen LogP contribution in [0.3, 0.4) is 0 Å².